The van der Waals surface area contributed by atoms with Gasteiger partial charge in [0.15, 0.2) is 0 Å². The molecular weight excluding hydrogens is 459 g/mol. The minimum absolute atomic E-state index is 0.160. The summed E-state index contributed by atoms with van der Waals surface area (Å²) in [7, 11) is 1.49. The Labute approximate surface area is 207 Å². The van der Waals surface area contributed by atoms with Crippen molar-refractivity contribution in [3.8, 4) is 5.75 Å². The van der Waals surface area contributed by atoms with Gasteiger partial charge in [0.1, 0.15) is 17.6 Å². The maximum Gasteiger partial charge on any atom is 0.255 e. The lowest BCUT2D eigenvalue weighted by atomic mass is 10.0. The van der Waals surface area contributed by atoms with Crippen molar-refractivity contribution in [3.63, 3.8) is 0 Å². The first-order valence-electron chi connectivity index (χ1n) is 11.7. The number of hydrogen-bond acceptors (Lipinski definition) is 4. The summed E-state index contributed by atoms with van der Waals surface area (Å²) >= 11 is 0. The number of halogens is 1. The zero-order valence-electron chi connectivity index (χ0n) is 19.6. The molecule has 0 radical (unpaired) electrons. The van der Waals surface area contributed by atoms with Crippen molar-refractivity contribution in [2.75, 3.05) is 7.11 Å². The van der Waals surface area contributed by atoms with E-state index in [9.17, 15) is 14.0 Å². The lowest BCUT2D eigenvalue weighted by Crippen LogP contribution is -2.41. The first-order chi connectivity index (χ1) is 17.5. The highest BCUT2D eigenvalue weighted by molar-refractivity contribution is 6.06. The predicted molar refractivity (Wildman–Crippen MR) is 136 cm³/mol. The fourth-order valence-corrected chi connectivity index (χ4v) is 4.03. The second kappa shape index (κ2) is 10.0. The zero-order chi connectivity index (χ0) is 25.1. The van der Waals surface area contributed by atoms with Crippen LogP contribution in [0, 0.1) is 5.82 Å². The standard InChI is InChI=1S/C28H25FN4O3/c1-36-26-21(27(34)31-25(18-5-3-2-4-6-18)28(35)30-20-12-13-20)14-16-23-24(26)22(32-33-23)15-9-17-7-10-19(29)11-8-17/h2-11,14-16,20,25H,12-13H2,1H3,(H,30,35)(H,31,34)(H,32,33)/b15-9+/t25-/m0/s1. The van der Waals surface area contributed by atoms with Crippen LogP contribution >= 0.6 is 0 Å². The molecule has 1 aliphatic carbocycles. The first kappa shape index (κ1) is 23.3. The van der Waals surface area contributed by atoms with Crippen molar-refractivity contribution in [2.45, 2.75) is 24.9 Å². The topological polar surface area (TPSA) is 96.1 Å². The van der Waals surface area contributed by atoms with Crippen molar-refractivity contribution < 1.29 is 18.7 Å². The molecule has 1 atom stereocenters. The Hall–Kier alpha value is -4.46. The van der Waals surface area contributed by atoms with Gasteiger partial charge in [0, 0.05) is 6.04 Å². The SMILES string of the molecule is COc1c(C(=O)N[C@H](C(=O)NC2CC2)c2ccccc2)ccc2[nH]nc(/C=C/c3ccc(F)cc3)c12. The summed E-state index contributed by atoms with van der Waals surface area (Å²) in [6, 6.07) is 17.9. The van der Waals surface area contributed by atoms with Crippen LogP contribution in [0.15, 0.2) is 66.7 Å². The Morgan fingerprint density at radius 3 is 2.50 bits per heavy atom. The molecule has 1 fully saturated rings. The van der Waals surface area contributed by atoms with Gasteiger partial charge in [-0.2, -0.15) is 5.10 Å². The number of rotatable bonds is 8. The summed E-state index contributed by atoms with van der Waals surface area (Å²) in [6.45, 7) is 0. The van der Waals surface area contributed by atoms with Gasteiger partial charge >= 0.3 is 0 Å². The van der Waals surface area contributed by atoms with E-state index in [4.69, 9.17) is 4.74 Å². The lowest BCUT2D eigenvalue weighted by Gasteiger charge is -2.20. The maximum absolute atomic E-state index is 13.4. The average molecular weight is 485 g/mol. The van der Waals surface area contributed by atoms with Gasteiger partial charge in [0.2, 0.25) is 5.91 Å². The molecule has 4 aromatic rings. The van der Waals surface area contributed by atoms with Gasteiger partial charge in [0.05, 0.1) is 29.3 Å². The van der Waals surface area contributed by atoms with Crippen molar-refractivity contribution in [1.29, 1.82) is 0 Å². The van der Waals surface area contributed by atoms with Crippen LogP contribution in [0.3, 0.4) is 0 Å². The molecule has 1 aliphatic rings. The number of nitrogens with zero attached hydrogens (tertiary/aromatic N) is 1. The van der Waals surface area contributed by atoms with Gasteiger partial charge in [0.25, 0.3) is 5.91 Å². The molecular formula is C28H25FN4O3. The fourth-order valence-electron chi connectivity index (χ4n) is 4.03. The summed E-state index contributed by atoms with van der Waals surface area (Å²) in [6.07, 6.45) is 5.46. The number of methoxy groups -OCH3 is 1. The molecule has 0 unspecified atom stereocenters. The molecule has 0 bridgehead atoms. The molecule has 36 heavy (non-hydrogen) atoms. The summed E-state index contributed by atoms with van der Waals surface area (Å²) in [5.41, 5.74) is 3.02. The van der Waals surface area contributed by atoms with E-state index < -0.39 is 11.9 Å². The molecule has 0 saturated heterocycles. The van der Waals surface area contributed by atoms with Crippen molar-refractivity contribution in [1.82, 2.24) is 20.8 Å². The van der Waals surface area contributed by atoms with Gasteiger partial charge in [-0.15, -0.1) is 0 Å². The Morgan fingerprint density at radius 1 is 1.06 bits per heavy atom. The van der Waals surface area contributed by atoms with E-state index in [2.05, 4.69) is 20.8 Å². The second-order valence-electron chi connectivity index (χ2n) is 8.66. The Morgan fingerprint density at radius 2 is 1.81 bits per heavy atom. The molecule has 3 aromatic carbocycles. The van der Waals surface area contributed by atoms with Crippen LogP contribution in [-0.2, 0) is 4.79 Å². The molecule has 1 heterocycles. The Bertz CT molecular complexity index is 1430. The number of H-pyrrole nitrogens is 1. The smallest absolute Gasteiger partial charge is 0.255 e. The largest absolute Gasteiger partial charge is 0.495 e. The van der Waals surface area contributed by atoms with Crippen LogP contribution in [-0.4, -0.2) is 35.2 Å². The van der Waals surface area contributed by atoms with Crippen LogP contribution in [0.5, 0.6) is 5.75 Å². The molecule has 8 heteroatoms. The summed E-state index contributed by atoms with van der Waals surface area (Å²) < 4.78 is 18.9. The molecule has 5 rings (SSSR count). The van der Waals surface area contributed by atoms with Gasteiger partial charge in [-0.1, -0.05) is 48.5 Å². The third-order valence-electron chi connectivity index (χ3n) is 6.06. The number of hydrogen-bond donors (Lipinski definition) is 3. The number of benzene rings is 3. The molecule has 2 amide bonds. The Kier molecular flexibility index (Phi) is 6.49. The van der Waals surface area contributed by atoms with Crippen LogP contribution in [0.2, 0.25) is 0 Å². The molecule has 7 nitrogen and oxygen atoms in total. The fraction of sp³-hybridized carbons (Fsp3) is 0.179. The van der Waals surface area contributed by atoms with Gasteiger partial charge in [-0.05, 0) is 54.3 Å². The molecule has 1 saturated carbocycles. The van der Waals surface area contributed by atoms with Gasteiger partial charge < -0.3 is 15.4 Å². The molecule has 182 valence electrons. The van der Waals surface area contributed by atoms with Gasteiger partial charge in [-0.25, -0.2) is 4.39 Å². The highest BCUT2D eigenvalue weighted by Crippen LogP contribution is 2.33. The number of aromatic amines is 1. The monoisotopic (exact) mass is 484 g/mol. The minimum atomic E-state index is -0.845. The number of aromatic nitrogens is 2. The quantitative estimate of drug-likeness (QED) is 0.340. The number of nitrogens with one attached hydrogen (secondary N) is 3. The molecule has 1 aromatic heterocycles. The number of carbonyl (C=O) groups excluding carboxylic acids is 2. The second-order valence-corrected chi connectivity index (χ2v) is 8.66. The average Bonchev–Trinajstić information content (AvgIpc) is 3.62. The minimum Gasteiger partial charge on any atom is -0.495 e. The van der Waals surface area contributed by atoms with Crippen molar-refractivity contribution >= 4 is 34.9 Å². The third-order valence-corrected chi connectivity index (χ3v) is 6.06. The van der Waals surface area contributed by atoms with E-state index in [1.165, 1.54) is 19.2 Å². The highest BCUT2D eigenvalue weighted by Gasteiger charge is 2.30. The van der Waals surface area contributed by atoms with E-state index in [1.54, 1.807) is 36.4 Å². The maximum atomic E-state index is 13.4. The third kappa shape index (κ3) is 4.98. The molecule has 3 N–H and O–H groups in total. The van der Waals surface area contributed by atoms with E-state index in [1.807, 2.05) is 30.3 Å². The van der Waals surface area contributed by atoms with E-state index in [-0.39, 0.29) is 23.3 Å². The predicted octanol–water partition coefficient (Wildman–Crippen LogP) is 4.63. The normalized spacial score (nSPS) is 14.1. The molecule has 0 aliphatic heterocycles. The number of amides is 2. The van der Waals surface area contributed by atoms with Crippen LogP contribution < -0.4 is 15.4 Å². The van der Waals surface area contributed by atoms with E-state index in [0.717, 1.165) is 18.4 Å². The summed E-state index contributed by atoms with van der Waals surface area (Å²) in [4.78, 5) is 26.4. The Balaban J connectivity index is 1.46. The number of carbonyl (C=O) groups is 2. The first-order valence-corrected chi connectivity index (χ1v) is 11.7. The van der Waals surface area contributed by atoms with Crippen LogP contribution in [0.1, 0.15) is 46.1 Å². The summed E-state index contributed by atoms with van der Waals surface area (Å²) in [5, 5.41) is 13.8. The number of ether oxygens (including phenoxy) is 1. The zero-order valence-corrected chi connectivity index (χ0v) is 19.6. The molecule has 0 spiro atoms. The van der Waals surface area contributed by atoms with Crippen LogP contribution in [0.4, 0.5) is 4.39 Å². The van der Waals surface area contributed by atoms with Crippen LogP contribution in [0.25, 0.3) is 23.1 Å². The van der Waals surface area contributed by atoms with E-state index >= 15 is 0 Å². The highest BCUT2D eigenvalue weighted by atomic mass is 19.1. The van der Waals surface area contributed by atoms with E-state index in [0.29, 0.717) is 27.9 Å². The summed E-state index contributed by atoms with van der Waals surface area (Å²) in [5.74, 6) is -0.659. The van der Waals surface area contributed by atoms with Crippen molar-refractivity contribution in [2.24, 2.45) is 0 Å². The van der Waals surface area contributed by atoms with Gasteiger partial charge in [-0.3, -0.25) is 14.7 Å². The van der Waals surface area contributed by atoms with Crippen molar-refractivity contribution in [3.05, 3.63) is 94.9 Å². The lowest BCUT2D eigenvalue weighted by molar-refractivity contribution is -0.123. The number of fused-ring (bicyclic) bond motifs is 1.